The van der Waals surface area contributed by atoms with Crippen molar-refractivity contribution in [3.63, 3.8) is 0 Å². The second kappa shape index (κ2) is 26.3. The van der Waals surface area contributed by atoms with Gasteiger partial charge in [0.05, 0.1) is 11.6 Å². The number of carbonyl (C=O) groups is 4. The predicted octanol–water partition coefficient (Wildman–Crippen LogP) is -1.72. The number of hydrogen-bond donors (Lipinski definition) is 15. The van der Waals surface area contributed by atoms with Crippen molar-refractivity contribution in [2.24, 2.45) is 0 Å². The number of fused-ring (bicyclic) bond motifs is 1. The number of aromatic hydroxyl groups is 6. The van der Waals surface area contributed by atoms with Gasteiger partial charge in [0.2, 0.25) is 24.6 Å². The van der Waals surface area contributed by atoms with Crippen molar-refractivity contribution < 1.29 is 143 Å². The molecule has 0 amide bonds. The van der Waals surface area contributed by atoms with E-state index >= 15 is 0 Å². The van der Waals surface area contributed by atoms with Crippen LogP contribution in [0.4, 0.5) is 0 Å². The van der Waals surface area contributed by atoms with Gasteiger partial charge in [0.1, 0.15) is 128 Å². The molecule has 16 unspecified atom stereocenters. The van der Waals surface area contributed by atoms with Gasteiger partial charge >= 0.3 is 23.9 Å². The van der Waals surface area contributed by atoms with Gasteiger partial charge in [0, 0.05) is 24.3 Å². The Labute approximate surface area is 467 Å². The fraction of sp³-hybridized carbons (Fsp3) is 0.370. The minimum absolute atomic E-state index is 0.0341. The van der Waals surface area contributed by atoms with Crippen molar-refractivity contribution in [2.75, 3.05) is 19.8 Å². The number of phenolic OH excluding ortho intramolecular Hbond substituents is 5. The average Bonchev–Trinajstić information content (AvgIpc) is 3.61. The van der Waals surface area contributed by atoms with Crippen LogP contribution in [0.15, 0.2) is 90.7 Å². The maximum atomic E-state index is 12.7. The number of aliphatic hydroxyl groups excluding tert-OH is 9. The Balaban J connectivity index is 1.12. The summed E-state index contributed by atoms with van der Waals surface area (Å²) in [5.74, 6) is -9.15. The summed E-state index contributed by atoms with van der Waals surface area (Å²) in [5, 5.41) is 161. The highest BCUT2D eigenvalue weighted by molar-refractivity contribution is 5.90. The summed E-state index contributed by atoms with van der Waals surface area (Å²) in [6.07, 6.45) is -26.9. The fourth-order valence-electron chi connectivity index (χ4n) is 8.68. The monoisotopic (exact) mass is 1170 g/mol. The van der Waals surface area contributed by atoms with Crippen molar-refractivity contribution in [3.05, 3.63) is 113 Å². The molecule has 0 bridgehead atoms. The first-order valence-corrected chi connectivity index (χ1v) is 25.0. The highest BCUT2D eigenvalue weighted by atomic mass is 16.7. The molecule has 0 saturated carbocycles. The quantitative estimate of drug-likeness (QED) is 0.0163. The van der Waals surface area contributed by atoms with Crippen molar-refractivity contribution in [2.45, 2.75) is 105 Å². The van der Waals surface area contributed by atoms with Gasteiger partial charge < -0.3 is 124 Å². The van der Waals surface area contributed by atoms with Gasteiger partial charge in [-0.3, -0.25) is 9.59 Å². The molecule has 4 aromatic carbocycles. The third-order valence-electron chi connectivity index (χ3n) is 13.2. The summed E-state index contributed by atoms with van der Waals surface area (Å²) in [7, 11) is 0. The number of aliphatic carboxylic acids is 1. The molecule has 8 rings (SSSR count). The van der Waals surface area contributed by atoms with E-state index in [9.17, 15) is 90.7 Å². The summed E-state index contributed by atoms with van der Waals surface area (Å²) in [5.41, 5.74) is 0.569. The summed E-state index contributed by atoms with van der Waals surface area (Å²) < 4.78 is 55.2. The smallest absolute Gasteiger partial charge is 0.330 e. The molecule has 83 heavy (non-hydrogen) atoms. The van der Waals surface area contributed by atoms with Crippen LogP contribution in [-0.2, 0) is 52.3 Å². The molecular weight excluding hydrogens is 1110 g/mol. The van der Waals surface area contributed by atoms with Gasteiger partial charge in [-0.2, -0.15) is 0 Å². The van der Waals surface area contributed by atoms with E-state index in [1.165, 1.54) is 60.7 Å². The maximum absolute atomic E-state index is 12.7. The van der Waals surface area contributed by atoms with Crippen LogP contribution in [0, 0.1) is 0 Å². The predicted molar refractivity (Wildman–Crippen MR) is 272 cm³/mol. The Morgan fingerprint density at radius 1 is 0.506 bits per heavy atom. The summed E-state index contributed by atoms with van der Waals surface area (Å²) in [6, 6.07) is 15.4. The lowest BCUT2D eigenvalue weighted by atomic mass is 9.98. The highest BCUT2D eigenvalue weighted by Crippen LogP contribution is 2.49. The zero-order valence-electron chi connectivity index (χ0n) is 42.8. The first-order chi connectivity index (χ1) is 39.4. The Kier molecular flexibility index (Phi) is 19.3. The van der Waals surface area contributed by atoms with Crippen molar-refractivity contribution in [3.8, 4) is 46.0 Å². The van der Waals surface area contributed by atoms with Gasteiger partial charge in [0.15, 0.2) is 17.3 Å². The van der Waals surface area contributed by atoms with Crippen LogP contribution in [0.1, 0.15) is 34.8 Å². The first-order valence-electron chi connectivity index (χ1n) is 25.0. The maximum Gasteiger partial charge on any atom is 0.330 e. The number of carboxylic acids is 1. The lowest BCUT2D eigenvalue weighted by Crippen LogP contribution is -2.60. The molecule has 29 heteroatoms. The van der Waals surface area contributed by atoms with Crippen LogP contribution < -0.4 is 9.47 Å². The minimum atomic E-state index is -2.17. The molecule has 0 aliphatic carbocycles. The number of esters is 3. The largest absolute Gasteiger partial charge is 0.571 e. The molecular formula is C54H57O29+. The van der Waals surface area contributed by atoms with Gasteiger partial charge in [0.25, 0.3) is 11.9 Å². The zero-order valence-corrected chi connectivity index (χ0v) is 42.8. The van der Waals surface area contributed by atoms with E-state index in [0.717, 1.165) is 42.5 Å². The zero-order chi connectivity index (χ0) is 60.0. The molecule has 29 nitrogen and oxygen atoms in total. The number of ether oxygens (including phenoxy) is 10. The number of phenols is 5. The van der Waals surface area contributed by atoms with Crippen LogP contribution in [0.5, 0.6) is 46.0 Å². The molecule has 3 fully saturated rings. The molecule has 4 aliphatic heterocycles. The Morgan fingerprint density at radius 3 is 1.36 bits per heavy atom. The minimum Gasteiger partial charge on any atom is -0.571 e. The van der Waals surface area contributed by atoms with Gasteiger partial charge in [-0.05, 0) is 59.7 Å². The highest BCUT2D eigenvalue weighted by Gasteiger charge is 2.50. The molecule has 3 saturated heterocycles. The number of carbonyl (C=O) groups excluding carboxylic acids is 3. The van der Waals surface area contributed by atoms with Gasteiger partial charge in [-0.15, -0.1) is 0 Å². The SMILES string of the molecule is O=C(O)CC(=O)OCC1OC(OC2=Cc3c(O)cc(O)cc3[OH+]C2c2cc(OC3OC(COC(=O)C=Cc4ccc(O)cc4)C(O)C(O)C3O)c(O)c(OC3OC(COC(=O)C=Cc4ccc(O)cc4)C(O)C(O)C3O)c2)C(O)C(O)C1O. The average molecular weight is 1170 g/mol. The molecule has 4 aromatic rings. The molecule has 4 aliphatic rings. The molecule has 0 radical (unpaired) electrons. The van der Waals surface area contributed by atoms with Crippen LogP contribution in [-0.4, -0.2) is 217 Å². The Morgan fingerprint density at radius 2 is 0.928 bits per heavy atom. The summed E-state index contributed by atoms with van der Waals surface area (Å²) >= 11 is 0. The first kappa shape index (κ1) is 60.8. The molecule has 16 N–H and O–H groups in total. The lowest BCUT2D eigenvalue weighted by molar-refractivity contribution is -0.296. The normalized spacial score (nSPS) is 29.6. The lowest BCUT2D eigenvalue weighted by Gasteiger charge is -2.41. The van der Waals surface area contributed by atoms with Gasteiger partial charge in [-0.1, -0.05) is 24.3 Å². The number of rotatable bonds is 19. The van der Waals surface area contributed by atoms with E-state index in [2.05, 4.69) is 4.74 Å². The van der Waals surface area contributed by atoms with Crippen molar-refractivity contribution in [1.82, 2.24) is 0 Å². The standard InChI is InChI=1S/C54H56O29/c55-25-7-1-22(2-8-25)5-11-38(61)74-19-34-42(65)45(68)48(71)52(81-34)78-31-13-24(14-32(41(31)64)79-53-49(72)46(69)43(66)35(82-53)20-75-39(62)12-6-23-3-9-26(56)10-4-23)51-33(17-28-29(58)15-27(57)16-30(28)77-51)80-54-50(73)47(70)44(67)36(83-54)21-76-40(63)18-37(59)60/h1-17,34-36,42-58,64-73H,18-21H2,(H,59,60)/p+1. The molecule has 0 spiro atoms. The van der Waals surface area contributed by atoms with Crippen molar-refractivity contribution in [1.29, 1.82) is 0 Å². The topological polar surface area (TPSA) is 468 Å². The Hall–Kier alpha value is -8.30. The van der Waals surface area contributed by atoms with Crippen LogP contribution >= 0.6 is 0 Å². The third kappa shape index (κ3) is 14.7. The Bertz CT molecular complexity index is 2930. The number of benzene rings is 4. The molecule has 0 aromatic heterocycles. The number of hydrogen-bond acceptors (Lipinski definition) is 27. The van der Waals surface area contributed by atoms with E-state index in [1.54, 1.807) is 0 Å². The van der Waals surface area contributed by atoms with E-state index in [-0.39, 0.29) is 28.4 Å². The summed E-state index contributed by atoms with van der Waals surface area (Å²) in [6.45, 7) is -2.44. The van der Waals surface area contributed by atoms with E-state index < -0.39 is 183 Å². The van der Waals surface area contributed by atoms with Crippen LogP contribution in [0.3, 0.4) is 0 Å². The molecule has 16 atom stereocenters. The summed E-state index contributed by atoms with van der Waals surface area (Å²) in [4.78, 5) is 48.6. The molecule has 4 heterocycles. The fourth-order valence-corrected chi connectivity index (χ4v) is 8.68. The third-order valence-corrected chi connectivity index (χ3v) is 13.2. The van der Waals surface area contributed by atoms with E-state index in [4.69, 9.17) is 47.7 Å². The van der Waals surface area contributed by atoms with E-state index in [0.29, 0.717) is 11.1 Å². The van der Waals surface area contributed by atoms with Crippen LogP contribution in [0.2, 0.25) is 0 Å². The number of aliphatic hydroxyl groups is 10. The van der Waals surface area contributed by atoms with Gasteiger partial charge in [-0.25, -0.2) is 9.59 Å². The molecule has 446 valence electrons. The van der Waals surface area contributed by atoms with Crippen LogP contribution in [0.25, 0.3) is 18.2 Å². The second-order valence-electron chi connectivity index (χ2n) is 19.1. The van der Waals surface area contributed by atoms with E-state index in [1.807, 2.05) is 0 Å². The second-order valence-corrected chi connectivity index (χ2v) is 19.1. The van der Waals surface area contributed by atoms with Crippen molar-refractivity contribution >= 4 is 42.1 Å². The number of carboxylic acid groups (broad SMARTS) is 1.